The van der Waals surface area contributed by atoms with Crippen LogP contribution in [0.2, 0.25) is 5.15 Å². The van der Waals surface area contributed by atoms with Crippen LogP contribution in [0.4, 0.5) is 5.69 Å². The number of nitrogens with two attached hydrogens (primary N) is 1. The molecule has 4 heteroatoms. The van der Waals surface area contributed by atoms with Gasteiger partial charge in [0, 0.05) is 11.8 Å². The summed E-state index contributed by atoms with van der Waals surface area (Å²) in [6.07, 6.45) is 0. The molecule has 1 heterocycles. The summed E-state index contributed by atoms with van der Waals surface area (Å²) < 4.78 is 5.53. The number of hydrogen-bond acceptors (Lipinski definition) is 3. The Morgan fingerprint density at radius 3 is 2.75 bits per heavy atom. The Hall–Kier alpha value is -1.74. The number of nitrogen functional groups attached to an aromatic ring is 1. The molecule has 1 aromatic carbocycles. The van der Waals surface area contributed by atoms with E-state index in [-0.39, 0.29) is 0 Å². The molecule has 0 radical (unpaired) electrons. The third-order valence-electron chi connectivity index (χ3n) is 2.02. The average molecular weight is 235 g/mol. The zero-order valence-electron chi connectivity index (χ0n) is 8.56. The van der Waals surface area contributed by atoms with Crippen LogP contribution in [0.3, 0.4) is 0 Å². The maximum atomic E-state index is 5.77. The summed E-state index contributed by atoms with van der Waals surface area (Å²) in [7, 11) is 0. The predicted molar refractivity (Wildman–Crippen MR) is 64.4 cm³/mol. The van der Waals surface area contributed by atoms with Crippen LogP contribution >= 0.6 is 11.6 Å². The lowest BCUT2D eigenvalue weighted by Gasteiger charge is -2.06. The van der Waals surface area contributed by atoms with Gasteiger partial charge in [-0.1, -0.05) is 23.7 Å². The molecule has 82 valence electrons. The van der Waals surface area contributed by atoms with Gasteiger partial charge in [0.1, 0.15) is 17.5 Å². The smallest absolute Gasteiger partial charge is 0.130 e. The molecule has 0 bridgehead atoms. The highest BCUT2D eigenvalue weighted by Gasteiger charge is 1.98. The van der Waals surface area contributed by atoms with Crippen molar-refractivity contribution in [3.05, 3.63) is 53.3 Å². The normalized spacial score (nSPS) is 10.1. The summed E-state index contributed by atoms with van der Waals surface area (Å²) in [5, 5.41) is 0.466. The van der Waals surface area contributed by atoms with Gasteiger partial charge in [-0.15, -0.1) is 0 Å². The highest BCUT2D eigenvalue weighted by Crippen LogP contribution is 2.16. The summed E-state index contributed by atoms with van der Waals surface area (Å²) in [4.78, 5) is 4.12. The van der Waals surface area contributed by atoms with Crippen LogP contribution in [-0.2, 0) is 6.61 Å². The van der Waals surface area contributed by atoms with Crippen molar-refractivity contribution in [2.75, 3.05) is 5.73 Å². The van der Waals surface area contributed by atoms with Crippen LogP contribution in [0, 0.1) is 0 Å². The van der Waals surface area contributed by atoms with Crippen molar-refractivity contribution in [2.45, 2.75) is 6.61 Å². The number of pyridine rings is 1. The first kappa shape index (κ1) is 10.8. The van der Waals surface area contributed by atoms with Crippen LogP contribution in [0.15, 0.2) is 42.5 Å². The lowest BCUT2D eigenvalue weighted by molar-refractivity contribution is 0.301. The Labute approximate surface area is 98.8 Å². The van der Waals surface area contributed by atoms with Crippen LogP contribution in [0.1, 0.15) is 5.69 Å². The molecule has 16 heavy (non-hydrogen) atoms. The molecule has 0 aliphatic heterocycles. The molecule has 3 nitrogen and oxygen atoms in total. The first-order chi connectivity index (χ1) is 7.74. The molecule has 2 aromatic rings. The van der Waals surface area contributed by atoms with E-state index < -0.39 is 0 Å². The molecule has 2 N–H and O–H groups in total. The second-order valence-electron chi connectivity index (χ2n) is 3.31. The van der Waals surface area contributed by atoms with Crippen LogP contribution in [-0.4, -0.2) is 4.98 Å². The number of hydrogen-bond donors (Lipinski definition) is 1. The Balaban J connectivity index is 2.02. The van der Waals surface area contributed by atoms with Gasteiger partial charge in [-0.25, -0.2) is 4.98 Å². The molecule has 0 spiro atoms. The molecule has 0 aliphatic rings. The highest BCUT2D eigenvalue weighted by atomic mass is 35.5. The van der Waals surface area contributed by atoms with Crippen molar-refractivity contribution in [3.63, 3.8) is 0 Å². The number of aromatic nitrogens is 1. The van der Waals surface area contributed by atoms with Gasteiger partial charge in [0.05, 0.1) is 5.69 Å². The third kappa shape index (κ3) is 2.87. The monoisotopic (exact) mass is 234 g/mol. The van der Waals surface area contributed by atoms with E-state index in [4.69, 9.17) is 22.1 Å². The first-order valence-corrected chi connectivity index (χ1v) is 5.21. The zero-order valence-corrected chi connectivity index (χ0v) is 9.32. The van der Waals surface area contributed by atoms with Crippen molar-refractivity contribution >= 4 is 17.3 Å². The van der Waals surface area contributed by atoms with E-state index in [0.717, 1.165) is 11.4 Å². The van der Waals surface area contributed by atoms with E-state index in [1.54, 1.807) is 12.1 Å². The van der Waals surface area contributed by atoms with Crippen molar-refractivity contribution < 1.29 is 4.74 Å². The molecular formula is C12H11ClN2O. The number of nitrogens with zero attached hydrogens (tertiary/aromatic N) is 1. The number of ether oxygens (including phenoxy) is 1. The standard InChI is InChI=1S/C12H11ClN2O/c13-12-6-2-4-10(15-12)8-16-11-5-1-3-9(14)7-11/h1-7H,8,14H2. The van der Waals surface area contributed by atoms with Gasteiger partial charge in [0.15, 0.2) is 0 Å². The Bertz CT molecular complexity index is 442. The summed E-state index contributed by atoms with van der Waals surface area (Å²) >= 11 is 5.77. The Kier molecular flexibility index (Phi) is 3.27. The van der Waals surface area contributed by atoms with E-state index in [9.17, 15) is 0 Å². The van der Waals surface area contributed by atoms with Crippen molar-refractivity contribution in [1.82, 2.24) is 4.98 Å². The molecule has 0 aliphatic carbocycles. The van der Waals surface area contributed by atoms with E-state index in [1.807, 2.05) is 30.3 Å². The zero-order chi connectivity index (χ0) is 11.4. The highest BCUT2D eigenvalue weighted by molar-refractivity contribution is 6.29. The number of halogens is 1. The summed E-state index contributed by atoms with van der Waals surface area (Å²) in [5.41, 5.74) is 7.10. The number of anilines is 1. The van der Waals surface area contributed by atoms with Crippen LogP contribution < -0.4 is 10.5 Å². The van der Waals surface area contributed by atoms with Crippen molar-refractivity contribution in [3.8, 4) is 5.75 Å². The van der Waals surface area contributed by atoms with Gasteiger partial charge in [-0.05, 0) is 24.3 Å². The Morgan fingerprint density at radius 1 is 1.19 bits per heavy atom. The molecule has 0 atom stereocenters. The summed E-state index contributed by atoms with van der Waals surface area (Å²) in [6, 6.07) is 12.7. The van der Waals surface area contributed by atoms with E-state index >= 15 is 0 Å². The maximum Gasteiger partial charge on any atom is 0.130 e. The molecule has 0 fully saturated rings. The predicted octanol–water partition coefficient (Wildman–Crippen LogP) is 2.90. The number of benzene rings is 1. The SMILES string of the molecule is Nc1cccc(OCc2cccc(Cl)n2)c1. The lowest BCUT2D eigenvalue weighted by atomic mass is 10.3. The average Bonchev–Trinajstić information content (AvgIpc) is 2.27. The van der Waals surface area contributed by atoms with E-state index in [2.05, 4.69) is 4.98 Å². The van der Waals surface area contributed by atoms with Crippen LogP contribution in [0.25, 0.3) is 0 Å². The molecule has 0 saturated heterocycles. The molecule has 0 amide bonds. The van der Waals surface area contributed by atoms with E-state index in [1.165, 1.54) is 0 Å². The summed E-state index contributed by atoms with van der Waals surface area (Å²) in [6.45, 7) is 0.379. The second-order valence-corrected chi connectivity index (χ2v) is 3.70. The lowest BCUT2D eigenvalue weighted by Crippen LogP contribution is -1.98. The largest absolute Gasteiger partial charge is 0.487 e. The minimum absolute atomic E-state index is 0.379. The second kappa shape index (κ2) is 4.86. The maximum absolute atomic E-state index is 5.77. The minimum Gasteiger partial charge on any atom is -0.487 e. The van der Waals surface area contributed by atoms with Gasteiger partial charge < -0.3 is 10.5 Å². The summed E-state index contributed by atoms with van der Waals surface area (Å²) in [5.74, 6) is 0.724. The molecule has 2 rings (SSSR count). The molecule has 0 unspecified atom stereocenters. The fraction of sp³-hybridized carbons (Fsp3) is 0.0833. The van der Waals surface area contributed by atoms with Gasteiger partial charge in [-0.2, -0.15) is 0 Å². The van der Waals surface area contributed by atoms with E-state index in [0.29, 0.717) is 17.4 Å². The molecule has 1 aromatic heterocycles. The number of rotatable bonds is 3. The van der Waals surface area contributed by atoms with Crippen molar-refractivity contribution in [2.24, 2.45) is 0 Å². The van der Waals surface area contributed by atoms with Crippen LogP contribution in [0.5, 0.6) is 5.75 Å². The molecule has 0 saturated carbocycles. The van der Waals surface area contributed by atoms with Gasteiger partial charge >= 0.3 is 0 Å². The first-order valence-electron chi connectivity index (χ1n) is 4.84. The topological polar surface area (TPSA) is 48.1 Å². The quantitative estimate of drug-likeness (QED) is 0.656. The third-order valence-corrected chi connectivity index (χ3v) is 2.23. The van der Waals surface area contributed by atoms with Gasteiger partial charge in [0.25, 0.3) is 0 Å². The van der Waals surface area contributed by atoms with Crippen molar-refractivity contribution in [1.29, 1.82) is 0 Å². The molecular weight excluding hydrogens is 224 g/mol. The van der Waals surface area contributed by atoms with Gasteiger partial charge in [-0.3, -0.25) is 0 Å². The minimum atomic E-state index is 0.379. The fourth-order valence-corrected chi connectivity index (χ4v) is 1.47. The van der Waals surface area contributed by atoms with Gasteiger partial charge in [0.2, 0.25) is 0 Å². The Morgan fingerprint density at radius 2 is 2.00 bits per heavy atom. The fourth-order valence-electron chi connectivity index (χ4n) is 1.29.